The van der Waals surface area contributed by atoms with Crippen molar-refractivity contribution in [3.63, 3.8) is 0 Å². The minimum Gasteiger partial charge on any atom is -0.480 e. The van der Waals surface area contributed by atoms with Gasteiger partial charge in [-0.15, -0.1) is 0 Å². The van der Waals surface area contributed by atoms with Crippen LogP contribution < -0.4 is 9.47 Å². The summed E-state index contributed by atoms with van der Waals surface area (Å²) in [6.45, 7) is 4.82. The molecule has 202 valence electrons. The minimum atomic E-state index is -3.26. The molecule has 0 aliphatic heterocycles. The van der Waals surface area contributed by atoms with E-state index in [9.17, 15) is 8.78 Å². The average molecular weight is 537 g/mol. The van der Waals surface area contributed by atoms with Crippen molar-refractivity contribution in [1.29, 1.82) is 0 Å². The Labute approximate surface area is 223 Å². The molecule has 0 amide bonds. The number of ether oxygens (including phenoxy) is 2. The number of benzene rings is 1. The Morgan fingerprint density at radius 2 is 1.92 bits per heavy atom. The van der Waals surface area contributed by atoms with Crippen molar-refractivity contribution in [3.05, 3.63) is 83.0 Å². The van der Waals surface area contributed by atoms with Gasteiger partial charge in [0.1, 0.15) is 35.7 Å². The lowest BCUT2D eigenvalue weighted by atomic mass is 10.1. The van der Waals surface area contributed by atoms with Crippen LogP contribution in [-0.4, -0.2) is 36.8 Å². The number of rotatable bonds is 9. The standard InChI is InChI=1S/C28H27F3N6O2/c1-5-9-28(30,31)21-12-17(3)37(36-21)25-16(2)11-18(13-20(25)29)14-39-22-8-10-32-26(35-22)23-24(19-6-7-19)33-15-34-27(23)38-4/h5,8-13,15,19H,6-7,14H2,1-4H3/b9-5+. The summed E-state index contributed by atoms with van der Waals surface area (Å²) in [4.78, 5) is 17.5. The van der Waals surface area contributed by atoms with E-state index in [2.05, 4.69) is 25.0 Å². The maximum Gasteiger partial charge on any atom is 0.309 e. The fraction of sp³-hybridized carbons (Fsp3) is 0.321. The van der Waals surface area contributed by atoms with Crippen LogP contribution in [0.5, 0.6) is 11.8 Å². The molecule has 1 aromatic carbocycles. The van der Waals surface area contributed by atoms with E-state index in [4.69, 9.17) is 9.47 Å². The molecule has 5 rings (SSSR count). The number of hydrogen-bond acceptors (Lipinski definition) is 7. The van der Waals surface area contributed by atoms with Gasteiger partial charge < -0.3 is 9.47 Å². The Kier molecular flexibility index (Phi) is 7.07. The second-order valence-corrected chi connectivity index (χ2v) is 9.37. The molecule has 3 aromatic heterocycles. The number of alkyl halides is 2. The molecule has 1 fully saturated rings. The van der Waals surface area contributed by atoms with E-state index in [0.717, 1.165) is 24.6 Å². The lowest BCUT2D eigenvalue weighted by molar-refractivity contribution is 0.0466. The van der Waals surface area contributed by atoms with E-state index in [1.165, 1.54) is 43.3 Å². The highest BCUT2D eigenvalue weighted by molar-refractivity contribution is 5.66. The molecule has 39 heavy (non-hydrogen) atoms. The van der Waals surface area contributed by atoms with Crippen molar-refractivity contribution in [2.24, 2.45) is 0 Å². The smallest absolute Gasteiger partial charge is 0.309 e. The van der Waals surface area contributed by atoms with Gasteiger partial charge in [0.15, 0.2) is 5.82 Å². The third-order valence-corrected chi connectivity index (χ3v) is 6.37. The van der Waals surface area contributed by atoms with Crippen molar-refractivity contribution in [2.45, 2.75) is 52.1 Å². The zero-order valence-corrected chi connectivity index (χ0v) is 22.0. The average Bonchev–Trinajstić information content (AvgIpc) is 3.69. The van der Waals surface area contributed by atoms with Crippen LogP contribution in [0.1, 0.15) is 53.9 Å². The molecule has 4 aromatic rings. The SMILES string of the molecule is C/C=C/C(F)(F)c1cc(C)n(-c2c(C)cc(COc3ccnc(-c4c(OC)ncnc4C4CC4)n3)cc2F)n1. The molecule has 0 saturated heterocycles. The van der Waals surface area contributed by atoms with E-state index in [-0.39, 0.29) is 18.2 Å². The molecule has 1 aliphatic carbocycles. The highest BCUT2D eigenvalue weighted by Gasteiger charge is 2.33. The number of aryl methyl sites for hydroxylation is 2. The van der Waals surface area contributed by atoms with Crippen LogP contribution in [0.4, 0.5) is 13.2 Å². The van der Waals surface area contributed by atoms with Gasteiger partial charge in [-0.1, -0.05) is 12.1 Å². The minimum absolute atomic E-state index is 0.0229. The zero-order valence-electron chi connectivity index (χ0n) is 22.0. The van der Waals surface area contributed by atoms with Crippen LogP contribution in [0, 0.1) is 19.7 Å². The van der Waals surface area contributed by atoms with Crippen LogP contribution in [0.2, 0.25) is 0 Å². The third kappa shape index (κ3) is 5.34. The first-order valence-corrected chi connectivity index (χ1v) is 12.4. The molecule has 3 heterocycles. The summed E-state index contributed by atoms with van der Waals surface area (Å²) < 4.78 is 56.5. The maximum absolute atomic E-state index is 15.3. The Balaban J connectivity index is 1.38. The van der Waals surface area contributed by atoms with Crippen molar-refractivity contribution in [3.8, 4) is 28.8 Å². The molecule has 11 heteroatoms. The molecule has 0 radical (unpaired) electrons. The van der Waals surface area contributed by atoms with Crippen molar-refractivity contribution in [2.75, 3.05) is 7.11 Å². The maximum atomic E-state index is 15.3. The molecule has 1 saturated carbocycles. The van der Waals surface area contributed by atoms with Crippen molar-refractivity contribution in [1.82, 2.24) is 29.7 Å². The first-order valence-electron chi connectivity index (χ1n) is 12.4. The number of halogens is 3. The fourth-order valence-corrected chi connectivity index (χ4v) is 4.43. The Morgan fingerprint density at radius 1 is 1.13 bits per heavy atom. The van der Waals surface area contributed by atoms with Gasteiger partial charge in [-0.05, 0) is 62.9 Å². The lowest BCUT2D eigenvalue weighted by Gasteiger charge is -2.14. The van der Waals surface area contributed by atoms with Crippen LogP contribution in [0.25, 0.3) is 17.1 Å². The number of aromatic nitrogens is 6. The molecule has 0 spiro atoms. The largest absolute Gasteiger partial charge is 0.480 e. The summed E-state index contributed by atoms with van der Waals surface area (Å²) in [7, 11) is 1.53. The van der Waals surface area contributed by atoms with Gasteiger partial charge in [0.2, 0.25) is 11.8 Å². The Bertz CT molecular complexity index is 1530. The van der Waals surface area contributed by atoms with Gasteiger partial charge in [-0.3, -0.25) is 0 Å². The van der Waals surface area contributed by atoms with Crippen LogP contribution in [-0.2, 0) is 12.5 Å². The monoisotopic (exact) mass is 536 g/mol. The summed E-state index contributed by atoms with van der Waals surface area (Å²) in [5.41, 5.74) is 2.57. The predicted octanol–water partition coefficient (Wildman–Crippen LogP) is 6.01. The van der Waals surface area contributed by atoms with Crippen LogP contribution >= 0.6 is 0 Å². The van der Waals surface area contributed by atoms with Crippen molar-refractivity contribution >= 4 is 0 Å². The third-order valence-electron chi connectivity index (χ3n) is 6.37. The highest BCUT2D eigenvalue weighted by atomic mass is 19.3. The van der Waals surface area contributed by atoms with E-state index in [1.54, 1.807) is 32.2 Å². The summed E-state index contributed by atoms with van der Waals surface area (Å²) in [5.74, 6) is -2.49. The topological polar surface area (TPSA) is 87.8 Å². The first-order chi connectivity index (χ1) is 18.7. The zero-order chi connectivity index (χ0) is 27.7. The molecule has 0 atom stereocenters. The van der Waals surface area contributed by atoms with E-state index in [0.29, 0.717) is 40.0 Å². The molecule has 0 unspecified atom stereocenters. The molecule has 8 nitrogen and oxygen atoms in total. The van der Waals surface area contributed by atoms with Crippen LogP contribution in [0.3, 0.4) is 0 Å². The second kappa shape index (κ2) is 10.5. The van der Waals surface area contributed by atoms with Crippen molar-refractivity contribution < 1.29 is 22.6 Å². The van der Waals surface area contributed by atoms with Gasteiger partial charge in [0, 0.05) is 23.9 Å². The van der Waals surface area contributed by atoms with E-state index >= 15 is 4.39 Å². The van der Waals surface area contributed by atoms with Crippen LogP contribution in [0.15, 0.2) is 48.9 Å². The van der Waals surface area contributed by atoms with E-state index < -0.39 is 17.4 Å². The van der Waals surface area contributed by atoms with Gasteiger partial charge in [0.05, 0.1) is 12.8 Å². The summed E-state index contributed by atoms with van der Waals surface area (Å²) >= 11 is 0. The molecular weight excluding hydrogens is 509 g/mol. The van der Waals surface area contributed by atoms with Gasteiger partial charge in [-0.2, -0.15) is 18.9 Å². The quantitative estimate of drug-likeness (QED) is 0.242. The summed E-state index contributed by atoms with van der Waals surface area (Å²) in [6, 6.07) is 5.89. The molecule has 1 aliphatic rings. The van der Waals surface area contributed by atoms with Gasteiger partial charge >= 0.3 is 5.92 Å². The molecule has 0 N–H and O–H groups in total. The van der Waals surface area contributed by atoms with Gasteiger partial charge in [-0.25, -0.2) is 24.0 Å². The second-order valence-electron chi connectivity index (χ2n) is 9.37. The Morgan fingerprint density at radius 3 is 2.62 bits per heavy atom. The number of allylic oxidation sites excluding steroid dienone is 2. The summed E-state index contributed by atoms with van der Waals surface area (Å²) in [5, 5.41) is 4.00. The predicted molar refractivity (Wildman–Crippen MR) is 138 cm³/mol. The number of nitrogens with zero attached hydrogens (tertiary/aromatic N) is 6. The number of hydrogen-bond donors (Lipinski definition) is 0. The normalized spacial score (nSPS) is 13.7. The highest BCUT2D eigenvalue weighted by Crippen LogP contribution is 2.44. The van der Waals surface area contributed by atoms with E-state index in [1.807, 2.05) is 0 Å². The van der Waals surface area contributed by atoms with Gasteiger partial charge in [0.25, 0.3) is 0 Å². The molecular formula is C28H27F3N6O2. The molecule has 0 bridgehead atoms. The lowest BCUT2D eigenvalue weighted by Crippen LogP contribution is -2.12. The fourth-order valence-electron chi connectivity index (χ4n) is 4.43. The number of methoxy groups -OCH3 is 1. The first kappa shape index (κ1) is 26.3. The summed E-state index contributed by atoms with van der Waals surface area (Å²) in [6.07, 6.45) is 7.11. The Hall–Kier alpha value is -4.28.